The highest BCUT2D eigenvalue weighted by Crippen LogP contribution is 2.22. The molecule has 0 saturated heterocycles. The Morgan fingerprint density at radius 2 is 2.00 bits per heavy atom. The molecule has 0 aliphatic heterocycles. The summed E-state index contributed by atoms with van der Waals surface area (Å²) in [5.74, 6) is -0.407. The number of hydrogen-bond acceptors (Lipinski definition) is 6. The number of benzene rings is 2. The van der Waals surface area contributed by atoms with Gasteiger partial charge in [-0.05, 0) is 18.6 Å². The molecule has 0 unspecified atom stereocenters. The number of carbonyl (C=O) groups excluding carboxylic acids is 1. The number of carbonyl (C=O) groups is 1. The lowest BCUT2D eigenvalue weighted by Gasteiger charge is -2.04. The normalized spacial score (nSPS) is 10.6. The third-order valence-corrected chi connectivity index (χ3v) is 3.72. The van der Waals surface area contributed by atoms with Crippen molar-refractivity contribution in [3.05, 3.63) is 70.4 Å². The minimum Gasteiger partial charge on any atom is -0.339 e. The molecule has 1 amide bonds. The monoisotopic (exact) mass is 370 g/mol. The molecule has 0 aliphatic carbocycles. The average Bonchev–Trinajstić information content (AvgIpc) is 3.13. The van der Waals surface area contributed by atoms with Crippen molar-refractivity contribution in [2.45, 2.75) is 19.3 Å². The van der Waals surface area contributed by atoms with Crippen LogP contribution < -0.4 is 5.32 Å². The Morgan fingerprint density at radius 3 is 2.74 bits per heavy atom. The summed E-state index contributed by atoms with van der Waals surface area (Å²) in [5.41, 5.74) is 0.313. The number of nitrogens with one attached hydrogen (secondary N) is 1. The largest absolute Gasteiger partial charge is 0.339 e. The van der Waals surface area contributed by atoms with Crippen molar-refractivity contribution >= 4 is 17.3 Å². The van der Waals surface area contributed by atoms with Gasteiger partial charge in [0.25, 0.3) is 0 Å². The van der Waals surface area contributed by atoms with Crippen LogP contribution in [0.5, 0.6) is 0 Å². The minimum atomic E-state index is -0.955. The molecule has 3 aromatic rings. The fourth-order valence-electron chi connectivity index (χ4n) is 2.41. The Morgan fingerprint density at radius 1 is 1.22 bits per heavy atom. The number of nitrogens with zero attached hydrogens (tertiary/aromatic N) is 3. The first-order valence-electron chi connectivity index (χ1n) is 8.15. The number of aryl methyl sites for hydroxylation is 1. The van der Waals surface area contributed by atoms with Gasteiger partial charge in [0.1, 0.15) is 0 Å². The zero-order chi connectivity index (χ0) is 19.2. The minimum absolute atomic E-state index is 0.147. The van der Waals surface area contributed by atoms with Crippen molar-refractivity contribution in [2.24, 2.45) is 0 Å². The molecule has 0 bridgehead atoms. The first-order chi connectivity index (χ1) is 13.0. The molecule has 0 fully saturated rings. The number of amides is 1. The van der Waals surface area contributed by atoms with E-state index in [1.807, 2.05) is 30.3 Å². The van der Waals surface area contributed by atoms with Crippen LogP contribution in [0.15, 0.2) is 53.1 Å². The molecule has 3 rings (SSSR count). The topological polar surface area (TPSA) is 111 Å². The average molecular weight is 370 g/mol. The Kier molecular flexibility index (Phi) is 5.50. The molecule has 0 spiro atoms. The van der Waals surface area contributed by atoms with E-state index in [9.17, 15) is 19.3 Å². The maximum absolute atomic E-state index is 13.3. The molecule has 1 heterocycles. The van der Waals surface area contributed by atoms with E-state index in [1.54, 1.807) is 0 Å². The highest BCUT2D eigenvalue weighted by atomic mass is 19.1. The highest BCUT2D eigenvalue weighted by molar-refractivity contribution is 5.91. The highest BCUT2D eigenvalue weighted by Gasteiger charge is 2.15. The zero-order valence-corrected chi connectivity index (χ0v) is 14.1. The van der Waals surface area contributed by atoms with Gasteiger partial charge in [-0.2, -0.15) is 9.37 Å². The summed E-state index contributed by atoms with van der Waals surface area (Å²) in [6.45, 7) is 0. The second-order valence-electron chi connectivity index (χ2n) is 5.70. The lowest BCUT2D eigenvalue weighted by atomic mass is 10.2. The van der Waals surface area contributed by atoms with Gasteiger partial charge in [-0.15, -0.1) is 0 Å². The van der Waals surface area contributed by atoms with Gasteiger partial charge in [0, 0.05) is 30.2 Å². The van der Waals surface area contributed by atoms with Crippen LogP contribution in [0.3, 0.4) is 0 Å². The van der Waals surface area contributed by atoms with Crippen LogP contribution in [0.1, 0.15) is 18.7 Å². The summed E-state index contributed by atoms with van der Waals surface area (Å²) in [5, 5.41) is 17.1. The molecular weight excluding hydrogens is 355 g/mol. The van der Waals surface area contributed by atoms with Gasteiger partial charge in [0.15, 0.2) is 0 Å². The summed E-state index contributed by atoms with van der Waals surface area (Å²) in [6, 6.07) is 12.6. The van der Waals surface area contributed by atoms with Crippen LogP contribution in [0.25, 0.3) is 11.4 Å². The quantitative estimate of drug-likeness (QED) is 0.501. The number of hydrogen-bond donors (Lipinski definition) is 1. The van der Waals surface area contributed by atoms with Crippen LogP contribution in [0.2, 0.25) is 0 Å². The van der Waals surface area contributed by atoms with Crippen molar-refractivity contribution in [1.82, 2.24) is 10.1 Å². The van der Waals surface area contributed by atoms with E-state index in [4.69, 9.17) is 4.52 Å². The molecule has 2 aromatic carbocycles. The smallest absolute Gasteiger partial charge is 0.306 e. The SMILES string of the molecule is O=C(CCCc1nc(-c2ccccc2)no1)Nc1ccc(F)c([N+](=O)[O-])c1. The first-order valence-corrected chi connectivity index (χ1v) is 8.15. The fourth-order valence-corrected chi connectivity index (χ4v) is 2.41. The summed E-state index contributed by atoms with van der Waals surface area (Å²) >= 11 is 0. The number of anilines is 1. The molecular formula is C18H15FN4O4. The maximum Gasteiger partial charge on any atom is 0.306 e. The standard InChI is InChI=1S/C18H15FN4O4/c19-14-10-9-13(11-15(14)23(25)26)20-16(24)7-4-8-17-21-18(22-27-17)12-5-2-1-3-6-12/h1-3,5-6,9-11H,4,7-8H2,(H,20,24). The predicted molar refractivity (Wildman–Crippen MR) is 94.4 cm³/mol. The zero-order valence-electron chi connectivity index (χ0n) is 14.1. The second kappa shape index (κ2) is 8.17. The third-order valence-electron chi connectivity index (χ3n) is 3.72. The number of aromatic nitrogens is 2. The lowest BCUT2D eigenvalue weighted by Crippen LogP contribution is -2.12. The predicted octanol–water partition coefficient (Wildman–Crippen LogP) is 3.75. The van der Waals surface area contributed by atoms with Gasteiger partial charge < -0.3 is 9.84 Å². The van der Waals surface area contributed by atoms with E-state index in [0.717, 1.165) is 17.7 Å². The van der Waals surface area contributed by atoms with E-state index in [-0.39, 0.29) is 18.0 Å². The molecule has 138 valence electrons. The van der Waals surface area contributed by atoms with Crippen molar-refractivity contribution in [3.8, 4) is 11.4 Å². The van der Waals surface area contributed by atoms with Crippen molar-refractivity contribution in [2.75, 3.05) is 5.32 Å². The van der Waals surface area contributed by atoms with Gasteiger partial charge >= 0.3 is 5.69 Å². The van der Waals surface area contributed by atoms with Crippen molar-refractivity contribution < 1.29 is 18.6 Å². The number of rotatable bonds is 7. The Bertz CT molecular complexity index is 959. The van der Waals surface area contributed by atoms with Gasteiger partial charge in [-0.3, -0.25) is 14.9 Å². The van der Waals surface area contributed by atoms with E-state index in [2.05, 4.69) is 15.5 Å². The number of nitro benzene ring substituents is 1. The van der Waals surface area contributed by atoms with Gasteiger partial charge in [0.05, 0.1) is 4.92 Å². The van der Waals surface area contributed by atoms with Crippen LogP contribution in [-0.4, -0.2) is 21.0 Å². The Labute approximate surface area is 153 Å². The molecule has 0 aliphatic rings. The first kappa shape index (κ1) is 18.2. The second-order valence-corrected chi connectivity index (χ2v) is 5.70. The van der Waals surface area contributed by atoms with E-state index >= 15 is 0 Å². The van der Waals surface area contributed by atoms with Crippen LogP contribution in [0.4, 0.5) is 15.8 Å². The van der Waals surface area contributed by atoms with Gasteiger partial charge in [0.2, 0.25) is 23.4 Å². The van der Waals surface area contributed by atoms with E-state index in [1.165, 1.54) is 6.07 Å². The van der Waals surface area contributed by atoms with E-state index in [0.29, 0.717) is 24.6 Å². The fraction of sp³-hybridized carbons (Fsp3) is 0.167. The molecule has 1 N–H and O–H groups in total. The maximum atomic E-state index is 13.3. The molecule has 27 heavy (non-hydrogen) atoms. The molecule has 0 radical (unpaired) electrons. The van der Waals surface area contributed by atoms with Gasteiger partial charge in [-0.1, -0.05) is 35.5 Å². The molecule has 8 nitrogen and oxygen atoms in total. The van der Waals surface area contributed by atoms with Crippen LogP contribution in [-0.2, 0) is 11.2 Å². The van der Waals surface area contributed by atoms with Gasteiger partial charge in [-0.25, -0.2) is 0 Å². The third kappa shape index (κ3) is 4.72. The molecule has 0 atom stereocenters. The number of halogens is 1. The molecule has 9 heteroatoms. The Balaban J connectivity index is 1.51. The summed E-state index contributed by atoms with van der Waals surface area (Å²) < 4.78 is 18.5. The lowest BCUT2D eigenvalue weighted by molar-refractivity contribution is -0.387. The van der Waals surface area contributed by atoms with Crippen LogP contribution >= 0.6 is 0 Å². The summed E-state index contributed by atoms with van der Waals surface area (Å²) in [7, 11) is 0. The van der Waals surface area contributed by atoms with E-state index < -0.39 is 16.4 Å². The summed E-state index contributed by atoms with van der Waals surface area (Å²) in [4.78, 5) is 26.1. The van der Waals surface area contributed by atoms with Crippen molar-refractivity contribution in [3.63, 3.8) is 0 Å². The number of nitro groups is 1. The summed E-state index contributed by atoms with van der Waals surface area (Å²) in [6.07, 6.45) is 1.01. The Hall–Kier alpha value is -3.62. The van der Waals surface area contributed by atoms with Crippen LogP contribution in [0, 0.1) is 15.9 Å². The van der Waals surface area contributed by atoms with Crippen molar-refractivity contribution in [1.29, 1.82) is 0 Å². The molecule has 1 aromatic heterocycles. The molecule has 0 saturated carbocycles.